The lowest BCUT2D eigenvalue weighted by Crippen LogP contribution is -2.39. The van der Waals surface area contributed by atoms with Crippen molar-refractivity contribution in [1.29, 1.82) is 0 Å². The summed E-state index contributed by atoms with van der Waals surface area (Å²) in [6.45, 7) is 1.91. The number of fused-ring (bicyclic) bond motifs is 6. The molecule has 8 bridgehead atoms. The number of H-pyrrole nitrogens is 1. The van der Waals surface area contributed by atoms with Crippen molar-refractivity contribution in [2.45, 2.75) is 18.4 Å². The van der Waals surface area contributed by atoms with Gasteiger partial charge in [-0.2, -0.15) is 0 Å². The fourth-order valence-electron chi connectivity index (χ4n) is 4.15. The standard InChI is InChI=1S/C26H28N4O3/c1-31-12-13-33-18-32-11-10-26-9-8-24(30-26)16-23-5-4-20(28-23)14-19-2-3-21(27-19)15-22-6-7-25(17-26)29-22/h2-8,14-17,27,30H,9-13,18H2,1H3. The molecular weight excluding hydrogens is 416 g/mol. The van der Waals surface area contributed by atoms with Crippen LogP contribution in [0.5, 0.6) is 0 Å². The number of ether oxygens (including phenoxy) is 3. The first-order valence-electron chi connectivity index (χ1n) is 11.2. The van der Waals surface area contributed by atoms with Crippen LogP contribution in [-0.4, -0.2) is 55.7 Å². The number of hydrogen-bond acceptors (Lipinski definition) is 6. The molecule has 1 aromatic rings. The van der Waals surface area contributed by atoms with Crippen LogP contribution in [0.3, 0.4) is 0 Å². The molecule has 0 aliphatic carbocycles. The minimum Gasteiger partial charge on any atom is -0.382 e. The maximum atomic E-state index is 5.73. The van der Waals surface area contributed by atoms with Gasteiger partial charge in [0.25, 0.3) is 0 Å². The van der Waals surface area contributed by atoms with Gasteiger partial charge in [-0.1, -0.05) is 6.08 Å². The first-order chi connectivity index (χ1) is 16.2. The third-order valence-corrected chi connectivity index (χ3v) is 5.80. The number of nitrogens with one attached hydrogen (secondary N) is 2. The number of hydrogen-bond donors (Lipinski definition) is 2. The molecule has 0 aromatic carbocycles. The van der Waals surface area contributed by atoms with Crippen LogP contribution in [0.25, 0.3) is 12.2 Å². The van der Waals surface area contributed by atoms with Gasteiger partial charge in [0.05, 0.1) is 48.2 Å². The van der Waals surface area contributed by atoms with Gasteiger partial charge in [0.2, 0.25) is 0 Å². The number of allylic oxidation sites excluding steroid dienone is 5. The Morgan fingerprint density at radius 3 is 2.39 bits per heavy atom. The first kappa shape index (κ1) is 21.6. The molecule has 7 nitrogen and oxygen atoms in total. The highest BCUT2D eigenvalue weighted by atomic mass is 16.7. The SMILES string of the molecule is COCCOCOCCC12C=C3C=CC(=N3)C=c3ccc([nH]3)=CC3=NC(=CC(=CC1)N2)C=C3. The largest absolute Gasteiger partial charge is 0.382 e. The smallest absolute Gasteiger partial charge is 0.146 e. The predicted octanol–water partition coefficient (Wildman–Crippen LogP) is 2.02. The minimum absolute atomic E-state index is 0.258. The number of methoxy groups -OCH3 is 1. The Hall–Kier alpha value is -3.26. The average molecular weight is 445 g/mol. The second kappa shape index (κ2) is 9.70. The molecule has 0 fully saturated rings. The molecule has 1 aromatic heterocycles. The summed E-state index contributed by atoms with van der Waals surface area (Å²) in [5.41, 5.74) is 4.49. The Kier molecular flexibility index (Phi) is 6.35. The normalized spacial score (nSPS) is 22.6. The van der Waals surface area contributed by atoms with Crippen LogP contribution in [0, 0.1) is 0 Å². The zero-order valence-electron chi connectivity index (χ0n) is 18.7. The van der Waals surface area contributed by atoms with Crippen LogP contribution in [0.4, 0.5) is 0 Å². The van der Waals surface area contributed by atoms with E-state index >= 15 is 0 Å². The highest BCUT2D eigenvalue weighted by molar-refractivity contribution is 6.20. The van der Waals surface area contributed by atoms with E-state index in [4.69, 9.17) is 24.2 Å². The monoisotopic (exact) mass is 444 g/mol. The second-order valence-electron chi connectivity index (χ2n) is 8.36. The summed E-state index contributed by atoms with van der Waals surface area (Å²) in [6, 6.07) is 4.11. The molecule has 2 N–H and O–H groups in total. The van der Waals surface area contributed by atoms with E-state index in [1.165, 1.54) is 0 Å². The minimum atomic E-state index is -0.283. The predicted molar refractivity (Wildman–Crippen MR) is 130 cm³/mol. The Morgan fingerprint density at radius 1 is 0.879 bits per heavy atom. The Morgan fingerprint density at radius 2 is 1.61 bits per heavy atom. The van der Waals surface area contributed by atoms with Gasteiger partial charge in [-0.3, -0.25) is 0 Å². The van der Waals surface area contributed by atoms with Crippen molar-refractivity contribution in [1.82, 2.24) is 10.3 Å². The average Bonchev–Trinajstić information content (AvgIpc) is 3.59. The van der Waals surface area contributed by atoms with Gasteiger partial charge in [-0.25, -0.2) is 9.98 Å². The van der Waals surface area contributed by atoms with Crippen LogP contribution in [0.2, 0.25) is 0 Å². The molecule has 7 heteroatoms. The van der Waals surface area contributed by atoms with Crippen molar-refractivity contribution in [3.63, 3.8) is 0 Å². The van der Waals surface area contributed by atoms with Gasteiger partial charge in [-0.05, 0) is 73.6 Å². The third kappa shape index (κ3) is 5.39. The maximum Gasteiger partial charge on any atom is 0.146 e. The number of aromatic nitrogens is 1. The summed E-state index contributed by atoms with van der Waals surface area (Å²) in [7, 11) is 1.66. The van der Waals surface area contributed by atoms with Crippen LogP contribution in [0.1, 0.15) is 12.8 Å². The van der Waals surface area contributed by atoms with Gasteiger partial charge >= 0.3 is 0 Å². The molecule has 4 aliphatic heterocycles. The topological polar surface area (TPSA) is 80.2 Å². The van der Waals surface area contributed by atoms with Gasteiger partial charge in [0.15, 0.2) is 0 Å². The third-order valence-electron chi connectivity index (χ3n) is 5.80. The van der Waals surface area contributed by atoms with E-state index in [-0.39, 0.29) is 12.3 Å². The number of rotatable bonds is 8. The Balaban J connectivity index is 1.40. The van der Waals surface area contributed by atoms with Crippen LogP contribution in [-0.2, 0) is 14.2 Å². The van der Waals surface area contributed by atoms with Gasteiger partial charge < -0.3 is 24.5 Å². The fourth-order valence-corrected chi connectivity index (χ4v) is 4.15. The molecule has 4 aliphatic rings. The molecule has 170 valence electrons. The highest BCUT2D eigenvalue weighted by Gasteiger charge is 2.32. The fraction of sp³-hybridized carbons (Fsp3) is 0.308. The molecule has 0 spiro atoms. The summed E-state index contributed by atoms with van der Waals surface area (Å²) < 4.78 is 16.1. The highest BCUT2D eigenvalue weighted by Crippen LogP contribution is 2.30. The van der Waals surface area contributed by atoms with Crippen molar-refractivity contribution in [2.24, 2.45) is 9.98 Å². The molecule has 5 heterocycles. The summed E-state index contributed by atoms with van der Waals surface area (Å²) in [5.74, 6) is 0. The van der Waals surface area contributed by atoms with Crippen molar-refractivity contribution >= 4 is 23.6 Å². The van der Waals surface area contributed by atoms with Crippen LogP contribution >= 0.6 is 0 Å². The van der Waals surface area contributed by atoms with Gasteiger partial charge in [-0.15, -0.1) is 0 Å². The zero-order valence-corrected chi connectivity index (χ0v) is 18.7. The molecule has 0 amide bonds. The van der Waals surface area contributed by atoms with Gasteiger partial charge in [0.1, 0.15) is 6.79 Å². The Labute approximate surface area is 192 Å². The molecule has 0 saturated carbocycles. The molecular formula is C26H28N4O3. The molecule has 5 rings (SSSR count). The molecule has 33 heavy (non-hydrogen) atoms. The first-order valence-corrected chi connectivity index (χ1v) is 11.2. The molecule has 0 saturated heterocycles. The lowest BCUT2D eigenvalue weighted by Gasteiger charge is -2.28. The lowest BCUT2D eigenvalue weighted by molar-refractivity contribution is -0.0685. The summed E-state index contributed by atoms with van der Waals surface area (Å²) in [4.78, 5) is 13.0. The Bertz CT molecular complexity index is 1240. The van der Waals surface area contributed by atoms with E-state index in [1.54, 1.807) is 7.11 Å². The van der Waals surface area contributed by atoms with E-state index < -0.39 is 0 Å². The molecule has 0 radical (unpaired) electrons. The van der Waals surface area contributed by atoms with Crippen molar-refractivity contribution in [2.75, 3.05) is 33.7 Å². The van der Waals surface area contributed by atoms with Gasteiger partial charge in [0, 0.05) is 23.5 Å². The summed E-state index contributed by atoms with van der Waals surface area (Å²) in [6.07, 6.45) is 20.4. The van der Waals surface area contributed by atoms with E-state index in [2.05, 4.69) is 52.8 Å². The maximum absolute atomic E-state index is 5.73. The van der Waals surface area contributed by atoms with E-state index in [0.29, 0.717) is 19.8 Å². The number of aromatic amines is 1. The quantitative estimate of drug-likeness (QED) is 0.475. The molecule has 1 atom stereocenters. The van der Waals surface area contributed by atoms with Crippen molar-refractivity contribution < 1.29 is 14.2 Å². The lowest BCUT2D eigenvalue weighted by atomic mass is 9.92. The zero-order chi connectivity index (χ0) is 22.5. The number of nitrogens with zero attached hydrogens (tertiary/aromatic N) is 2. The van der Waals surface area contributed by atoms with E-state index in [9.17, 15) is 0 Å². The van der Waals surface area contributed by atoms with E-state index in [0.717, 1.165) is 52.1 Å². The second-order valence-corrected chi connectivity index (χ2v) is 8.36. The number of aliphatic imine (C=N–C) groups is 2. The van der Waals surface area contributed by atoms with Crippen LogP contribution < -0.4 is 16.0 Å². The summed E-state index contributed by atoms with van der Waals surface area (Å²) in [5, 5.41) is 5.72. The van der Waals surface area contributed by atoms with Crippen molar-refractivity contribution in [3.05, 3.63) is 82.5 Å². The van der Waals surface area contributed by atoms with E-state index in [1.807, 2.05) is 24.3 Å². The van der Waals surface area contributed by atoms with Crippen molar-refractivity contribution in [3.8, 4) is 0 Å². The molecule has 1 unspecified atom stereocenters. The van der Waals surface area contributed by atoms with Crippen LogP contribution in [0.15, 0.2) is 81.7 Å². The summed E-state index contributed by atoms with van der Waals surface area (Å²) >= 11 is 0.